The first-order valence-electron chi connectivity index (χ1n) is 11.9. The third-order valence-electron chi connectivity index (χ3n) is 6.40. The second-order valence-electron chi connectivity index (χ2n) is 9.52. The van der Waals surface area contributed by atoms with Crippen LogP contribution in [0, 0.1) is 12.7 Å². The maximum absolute atomic E-state index is 14.3. The number of ether oxygens (including phenoxy) is 2. The molecule has 0 unspecified atom stereocenters. The van der Waals surface area contributed by atoms with E-state index in [0.29, 0.717) is 41.9 Å². The van der Waals surface area contributed by atoms with E-state index in [9.17, 15) is 19.1 Å². The van der Waals surface area contributed by atoms with E-state index in [1.165, 1.54) is 18.1 Å². The largest absolute Gasteiger partial charge is 0.493 e. The number of carbonyl (C=O) groups excluding carboxylic acids is 1. The van der Waals surface area contributed by atoms with Crippen LogP contribution >= 0.6 is 0 Å². The molecule has 1 aliphatic rings. The molecule has 0 aromatic heterocycles. The van der Waals surface area contributed by atoms with Crippen LogP contribution in [0.1, 0.15) is 39.5 Å². The molecule has 1 aliphatic heterocycles. The van der Waals surface area contributed by atoms with Crippen molar-refractivity contribution in [1.82, 2.24) is 4.90 Å². The van der Waals surface area contributed by atoms with Gasteiger partial charge in [0.2, 0.25) is 0 Å². The van der Waals surface area contributed by atoms with Crippen molar-refractivity contribution in [2.24, 2.45) is 0 Å². The highest BCUT2D eigenvalue weighted by Gasteiger charge is 2.38. The number of aryl methyl sites for hydroxylation is 1. The number of rotatable bonds is 9. The average Bonchev–Trinajstić information content (AvgIpc) is 3.17. The van der Waals surface area contributed by atoms with Gasteiger partial charge in [-0.05, 0) is 49.6 Å². The summed E-state index contributed by atoms with van der Waals surface area (Å²) in [6.45, 7) is 3.74. The van der Waals surface area contributed by atoms with Gasteiger partial charge >= 0.3 is 5.97 Å². The van der Waals surface area contributed by atoms with Crippen molar-refractivity contribution < 1.29 is 28.6 Å². The molecule has 1 amide bonds. The summed E-state index contributed by atoms with van der Waals surface area (Å²) in [5.74, 6) is -0.853. The molecular formula is C29H30FNO5. The van der Waals surface area contributed by atoms with E-state index in [-0.39, 0.29) is 12.4 Å². The third kappa shape index (κ3) is 5.67. The van der Waals surface area contributed by atoms with Gasteiger partial charge in [0, 0.05) is 30.5 Å². The van der Waals surface area contributed by atoms with Crippen molar-refractivity contribution in [2.45, 2.75) is 38.7 Å². The Morgan fingerprint density at radius 3 is 2.61 bits per heavy atom. The van der Waals surface area contributed by atoms with Crippen molar-refractivity contribution in [3.8, 4) is 11.5 Å². The maximum Gasteiger partial charge on any atom is 0.323 e. The van der Waals surface area contributed by atoms with Crippen molar-refractivity contribution in [3.63, 3.8) is 0 Å². The summed E-state index contributed by atoms with van der Waals surface area (Å²) in [7, 11) is 1.49. The van der Waals surface area contributed by atoms with Crippen LogP contribution in [0.5, 0.6) is 11.5 Å². The van der Waals surface area contributed by atoms with Crippen molar-refractivity contribution in [1.29, 1.82) is 0 Å². The Hall–Kier alpha value is -3.87. The molecule has 0 radical (unpaired) electrons. The number of methoxy groups -OCH3 is 1. The monoisotopic (exact) mass is 491 g/mol. The Bertz CT molecular complexity index is 1290. The summed E-state index contributed by atoms with van der Waals surface area (Å²) >= 11 is 0. The number of halogens is 1. The minimum atomic E-state index is -1.08. The van der Waals surface area contributed by atoms with Gasteiger partial charge in [-0.1, -0.05) is 48.0 Å². The molecule has 4 rings (SSSR count). The highest BCUT2D eigenvalue weighted by Crippen LogP contribution is 2.44. The second-order valence-corrected chi connectivity index (χ2v) is 9.52. The Kier molecular flexibility index (Phi) is 7.29. The third-order valence-corrected chi connectivity index (χ3v) is 6.40. The predicted octanol–water partition coefficient (Wildman–Crippen LogP) is 4.85. The number of carboxylic acid groups (broad SMARTS) is 1. The Morgan fingerprint density at radius 1 is 1.14 bits per heavy atom. The summed E-state index contributed by atoms with van der Waals surface area (Å²) in [5, 5.41) is 9.44. The van der Waals surface area contributed by atoms with Gasteiger partial charge in [0.1, 0.15) is 18.0 Å². The number of nitrogens with zero attached hydrogens (tertiary/aromatic N) is 1. The zero-order chi connectivity index (χ0) is 25.9. The molecule has 1 atom stereocenters. The van der Waals surface area contributed by atoms with Crippen LogP contribution in [0.25, 0.3) is 0 Å². The molecule has 1 N–H and O–H groups in total. The van der Waals surface area contributed by atoms with Crippen molar-refractivity contribution in [3.05, 3.63) is 94.3 Å². The highest BCUT2D eigenvalue weighted by molar-refractivity contribution is 5.97. The van der Waals surface area contributed by atoms with Crippen molar-refractivity contribution in [2.75, 3.05) is 20.2 Å². The lowest BCUT2D eigenvalue weighted by molar-refractivity contribution is -0.137. The molecule has 0 spiro atoms. The van der Waals surface area contributed by atoms with Crippen LogP contribution in [-0.4, -0.2) is 47.7 Å². The summed E-state index contributed by atoms with van der Waals surface area (Å²) in [6.07, 6.45) is 1.34. The first-order chi connectivity index (χ1) is 17.2. The number of aliphatic carboxylic acids is 1. The van der Waals surface area contributed by atoms with E-state index in [2.05, 4.69) is 0 Å². The topological polar surface area (TPSA) is 76.1 Å². The lowest BCUT2D eigenvalue weighted by Crippen LogP contribution is -2.37. The number of hydrogen-bond donors (Lipinski definition) is 1. The fourth-order valence-electron chi connectivity index (χ4n) is 4.74. The second kappa shape index (κ2) is 10.4. The number of fused-ring (bicyclic) bond motifs is 1. The summed E-state index contributed by atoms with van der Waals surface area (Å²) in [5.41, 5.74) is 3.06. The van der Waals surface area contributed by atoms with E-state index in [4.69, 9.17) is 9.47 Å². The van der Waals surface area contributed by atoms with E-state index in [1.54, 1.807) is 30.3 Å². The molecule has 0 fully saturated rings. The molecule has 0 saturated carbocycles. The Morgan fingerprint density at radius 2 is 1.92 bits per heavy atom. The molecule has 1 heterocycles. The van der Waals surface area contributed by atoms with E-state index < -0.39 is 24.0 Å². The van der Waals surface area contributed by atoms with Gasteiger partial charge in [-0.3, -0.25) is 9.59 Å². The number of carboxylic acids is 1. The molecule has 6 nitrogen and oxygen atoms in total. The zero-order valence-electron chi connectivity index (χ0n) is 20.7. The van der Waals surface area contributed by atoms with E-state index >= 15 is 0 Å². The predicted molar refractivity (Wildman–Crippen MR) is 134 cm³/mol. The fraction of sp³-hybridized carbons (Fsp3) is 0.310. The number of benzene rings is 3. The van der Waals surface area contributed by atoms with Crippen LogP contribution < -0.4 is 9.47 Å². The molecule has 3 aromatic rings. The lowest BCUT2D eigenvalue weighted by Gasteiger charge is -2.24. The minimum Gasteiger partial charge on any atom is -0.493 e. The fourth-order valence-corrected chi connectivity index (χ4v) is 4.74. The molecule has 36 heavy (non-hydrogen) atoms. The SMILES string of the molecule is COc1cc(C(=O)N(CCc2cccc(C)c2)CC(=O)O)cc2c1O[C@](C)(Cc1ccccc1F)C2. The lowest BCUT2D eigenvalue weighted by atomic mass is 9.91. The Balaban J connectivity index is 1.57. The minimum absolute atomic E-state index is 0.259. The van der Waals surface area contributed by atoms with Gasteiger partial charge in [-0.15, -0.1) is 0 Å². The highest BCUT2D eigenvalue weighted by atomic mass is 19.1. The van der Waals surface area contributed by atoms with Gasteiger partial charge in [0.05, 0.1) is 7.11 Å². The maximum atomic E-state index is 14.3. The van der Waals surface area contributed by atoms with Crippen LogP contribution in [0.2, 0.25) is 0 Å². The number of carbonyl (C=O) groups is 2. The molecule has 0 aliphatic carbocycles. The van der Waals surface area contributed by atoms with Gasteiger partial charge in [0.25, 0.3) is 5.91 Å². The number of hydrogen-bond acceptors (Lipinski definition) is 4. The smallest absolute Gasteiger partial charge is 0.323 e. The molecule has 0 saturated heterocycles. The quantitative estimate of drug-likeness (QED) is 0.463. The number of amides is 1. The first kappa shape index (κ1) is 25.2. The molecule has 0 bridgehead atoms. The molecule has 188 valence electrons. The van der Waals surface area contributed by atoms with Gasteiger partial charge < -0.3 is 19.5 Å². The van der Waals surface area contributed by atoms with Gasteiger partial charge in [-0.25, -0.2) is 4.39 Å². The van der Waals surface area contributed by atoms with E-state index in [0.717, 1.165) is 16.7 Å². The zero-order valence-corrected chi connectivity index (χ0v) is 20.7. The van der Waals surface area contributed by atoms with Crippen LogP contribution in [0.3, 0.4) is 0 Å². The normalized spacial score (nSPS) is 16.2. The van der Waals surface area contributed by atoms with E-state index in [1.807, 2.05) is 38.1 Å². The molecule has 7 heteroatoms. The molecule has 3 aromatic carbocycles. The van der Waals surface area contributed by atoms with Gasteiger partial charge in [0.15, 0.2) is 11.5 Å². The van der Waals surface area contributed by atoms with Crippen LogP contribution in [0.4, 0.5) is 4.39 Å². The summed E-state index contributed by atoms with van der Waals surface area (Å²) < 4.78 is 26.1. The summed E-state index contributed by atoms with van der Waals surface area (Å²) in [6, 6.07) is 17.8. The molecular weight excluding hydrogens is 461 g/mol. The standard InChI is InChI=1S/C29H30FNO5/c1-19-7-6-8-20(13-19)11-12-31(18-26(32)33)28(34)22-14-23-17-29(2,36-27(23)25(15-22)35-3)16-21-9-4-5-10-24(21)30/h4-10,13-15H,11-12,16-18H2,1-3H3,(H,32,33)/t29-/m1/s1. The van der Waals surface area contributed by atoms with Gasteiger partial charge in [-0.2, -0.15) is 0 Å². The van der Waals surface area contributed by atoms with Crippen LogP contribution in [-0.2, 0) is 24.1 Å². The van der Waals surface area contributed by atoms with Crippen molar-refractivity contribution >= 4 is 11.9 Å². The van der Waals surface area contributed by atoms with Crippen LogP contribution in [0.15, 0.2) is 60.7 Å². The first-order valence-corrected chi connectivity index (χ1v) is 11.9. The average molecular weight is 492 g/mol. The summed E-state index contributed by atoms with van der Waals surface area (Å²) in [4.78, 5) is 26.3. The Labute approximate surface area is 210 Å².